The van der Waals surface area contributed by atoms with Crippen LogP contribution in [0.2, 0.25) is 0 Å². The van der Waals surface area contributed by atoms with E-state index >= 15 is 0 Å². The Labute approximate surface area is 158 Å². The smallest absolute Gasteiger partial charge is 0.243 e. The zero-order chi connectivity index (χ0) is 18.4. The van der Waals surface area contributed by atoms with Gasteiger partial charge >= 0.3 is 0 Å². The van der Waals surface area contributed by atoms with Crippen LogP contribution in [0, 0.1) is 5.82 Å². The average molecular weight is 399 g/mol. The molecule has 0 spiro atoms. The molecule has 0 aliphatic carbocycles. The normalized spacial score (nSPS) is 16.2. The first-order valence-corrected chi connectivity index (χ1v) is 11.0. The van der Waals surface area contributed by atoms with Crippen LogP contribution in [0.15, 0.2) is 46.7 Å². The van der Waals surface area contributed by atoms with Gasteiger partial charge in [0.25, 0.3) is 0 Å². The van der Waals surface area contributed by atoms with Gasteiger partial charge in [-0.15, -0.1) is 11.3 Å². The van der Waals surface area contributed by atoms with Gasteiger partial charge in [-0.2, -0.15) is 4.31 Å². The van der Waals surface area contributed by atoms with Gasteiger partial charge < -0.3 is 4.74 Å². The molecule has 2 heterocycles. The molecule has 0 saturated carbocycles. The van der Waals surface area contributed by atoms with Crippen LogP contribution >= 0.6 is 11.3 Å². The second-order valence-corrected chi connectivity index (χ2v) is 9.15. The maximum Gasteiger partial charge on any atom is 0.243 e. The minimum absolute atomic E-state index is 0.127. The largest absolute Gasteiger partial charge is 0.379 e. The van der Waals surface area contributed by atoms with Crippen LogP contribution in [-0.4, -0.2) is 57.0 Å². The molecule has 0 unspecified atom stereocenters. The van der Waals surface area contributed by atoms with Crippen molar-refractivity contribution in [3.8, 4) is 0 Å². The van der Waals surface area contributed by atoms with E-state index in [0.29, 0.717) is 13.1 Å². The van der Waals surface area contributed by atoms with Crippen molar-refractivity contribution in [3.63, 3.8) is 0 Å². The number of sulfonamides is 1. The molecule has 0 amide bonds. The second-order valence-electron chi connectivity index (χ2n) is 6.18. The first-order valence-electron chi connectivity index (χ1n) is 8.64. The van der Waals surface area contributed by atoms with Gasteiger partial charge in [0, 0.05) is 31.1 Å². The summed E-state index contributed by atoms with van der Waals surface area (Å²) in [5, 5.41) is 1.94. The second kappa shape index (κ2) is 9.05. The molecule has 0 radical (unpaired) electrons. The fourth-order valence-electron chi connectivity index (χ4n) is 2.91. The summed E-state index contributed by atoms with van der Waals surface area (Å²) in [4.78, 5) is 3.40. The summed E-state index contributed by atoms with van der Waals surface area (Å²) in [7, 11) is -3.67. The minimum atomic E-state index is -3.67. The van der Waals surface area contributed by atoms with E-state index in [2.05, 4.69) is 4.90 Å². The fourth-order valence-corrected chi connectivity index (χ4v) is 5.17. The van der Waals surface area contributed by atoms with Gasteiger partial charge in [0.05, 0.1) is 18.1 Å². The van der Waals surface area contributed by atoms with Crippen LogP contribution in [0.5, 0.6) is 0 Å². The van der Waals surface area contributed by atoms with E-state index in [1.165, 1.54) is 39.9 Å². The molecule has 3 rings (SSSR count). The van der Waals surface area contributed by atoms with Crippen molar-refractivity contribution in [2.24, 2.45) is 0 Å². The number of morpholine rings is 1. The molecule has 142 valence electrons. The van der Waals surface area contributed by atoms with E-state index in [9.17, 15) is 12.8 Å². The molecule has 1 fully saturated rings. The van der Waals surface area contributed by atoms with Crippen LogP contribution in [0.1, 0.15) is 11.3 Å². The molecule has 1 aromatic heterocycles. The molecule has 0 N–H and O–H groups in total. The number of hydrogen-bond acceptors (Lipinski definition) is 5. The lowest BCUT2D eigenvalue weighted by Gasteiger charge is -2.28. The quantitative estimate of drug-likeness (QED) is 0.686. The molecule has 8 heteroatoms. The van der Waals surface area contributed by atoms with Gasteiger partial charge in [-0.3, -0.25) is 4.90 Å². The molecule has 0 bridgehead atoms. The zero-order valence-electron chi connectivity index (χ0n) is 14.5. The summed E-state index contributed by atoms with van der Waals surface area (Å²) in [6.45, 7) is 4.82. The summed E-state index contributed by atoms with van der Waals surface area (Å²) < 4.78 is 46.1. The summed E-state index contributed by atoms with van der Waals surface area (Å²) in [6, 6.07) is 8.87. The first kappa shape index (κ1) is 19.4. The van der Waals surface area contributed by atoms with E-state index in [0.717, 1.165) is 44.1 Å². The van der Waals surface area contributed by atoms with Crippen molar-refractivity contribution < 1.29 is 17.5 Å². The van der Waals surface area contributed by atoms with Crippen LogP contribution in [0.4, 0.5) is 4.39 Å². The van der Waals surface area contributed by atoms with Crippen molar-refractivity contribution in [2.45, 2.75) is 17.9 Å². The Morgan fingerprint density at radius 1 is 1.15 bits per heavy atom. The Balaban J connectivity index is 1.70. The van der Waals surface area contributed by atoms with E-state index in [1.807, 2.05) is 17.5 Å². The number of hydrogen-bond donors (Lipinski definition) is 0. The average Bonchev–Trinajstić information content (AvgIpc) is 3.15. The van der Waals surface area contributed by atoms with E-state index in [1.54, 1.807) is 0 Å². The van der Waals surface area contributed by atoms with Gasteiger partial charge in [0.1, 0.15) is 5.82 Å². The van der Waals surface area contributed by atoms with Crippen LogP contribution in [0.25, 0.3) is 0 Å². The predicted molar refractivity (Wildman–Crippen MR) is 100 cm³/mol. The Bertz CT molecular complexity index is 773. The molecule has 1 aliphatic heterocycles. The maximum absolute atomic E-state index is 13.2. The molecule has 2 aromatic rings. The zero-order valence-corrected chi connectivity index (χ0v) is 16.1. The van der Waals surface area contributed by atoms with Gasteiger partial charge in [0.15, 0.2) is 0 Å². The number of thiophene rings is 1. The molecule has 26 heavy (non-hydrogen) atoms. The lowest BCUT2D eigenvalue weighted by atomic mass is 10.3. The van der Waals surface area contributed by atoms with E-state index < -0.39 is 15.8 Å². The van der Waals surface area contributed by atoms with Crippen molar-refractivity contribution in [1.82, 2.24) is 9.21 Å². The molecule has 5 nitrogen and oxygen atoms in total. The number of halogens is 1. The number of nitrogens with zero attached hydrogens (tertiary/aromatic N) is 2. The molecular formula is C18H23FN2O3S2. The lowest BCUT2D eigenvalue weighted by molar-refractivity contribution is 0.0368. The van der Waals surface area contributed by atoms with Crippen molar-refractivity contribution in [2.75, 3.05) is 39.4 Å². The Morgan fingerprint density at radius 3 is 2.54 bits per heavy atom. The third-order valence-electron chi connectivity index (χ3n) is 4.35. The third kappa shape index (κ3) is 5.11. The fraction of sp³-hybridized carbons (Fsp3) is 0.444. The minimum Gasteiger partial charge on any atom is -0.379 e. The Morgan fingerprint density at radius 2 is 1.88 bits per heavy atom. The summed E-state index contributed by atoms with van der Waals surface area (Å²) in [5.74, 6) is -0.443. The summed E-state index contributed by atoms with van der Waals surface area (Å²) in [6.07, 6.45) is 0.742. The highest BCUT2D eigenvalue weighted by molar-refractivity contribution is 7.89. The third-order valence-corrected chi connectivity index (χ3v) is 7.07. The lowest BCUT2D eigenvalue weighted by Crippen LogP contribution is -2.39. The van der Waals surface area contributed by atoms with E-state index in [-0.39, 0.29) is 4.90 Å². The summed E-state index contributed by atoms with van der Waals surface area (Å²) in [5.41, 5.74) is 0. The van der Waals surface area contributed by atoms with Crippen LogP contribution < -0.4 is 0 Å². The SMILES string of the molecule is O=S(=O)(c1ccc(F)cc1)N(CCCN1CCOCC1)Cc1cccs1. The highest BCUT2D eigenvalue weighted by Crippen LogP contribution is 2.21. The molecule has 1 saturated heterocycles. The van der Waals surface area contributed by atoms with E-state index in [4.69, 9.17) is 4.74 Å². The number of ether oxygens (including phenoxy) is 1. The predicted octanol–water partition coefficient (Wildman–Crippen LogP) is 2.80. The van der Waals surface area contributed by atoms with Crippen LogP contribution in [-0.2, 0) is 21.3 Å². The molecule has 1 aliphatic rings. The molecular weight excluding hydrogens is 375 g/mol. The standard InChI is InChI=1S/C18H23FN2O3S2/c19-16-4-6-18(7-5-16)26(22,23)21(15-17-3-1-14-25-17)9-2-8-20-10-12-24-13-11-20/h1,3-7,14H,2,8-13,15H2. The maximum atomic E-state index is 13.2. The van der Waals surface area contributed by atoms with Crippen LogP contribution in [0.3, 0.4) is 0 Å². The van der Waals surface area contributed by atoms with Gasteiger partial charge in [0.2, 0.25) is 10.0 Å². The Hall–Kier alpha value is -1.32. The van der Waals surface area contributed by atoms with Gasteiger partial charge in [-0.05, 0) is 48.7 Å². The topological polar surface area (TPSA) is 49.9 Å². The molecule has 0 atom stereocenters. The monoisotopic (exact) mass is 398 g/mol. The number of benzene rings is 1. The van der Waals surface area contributed by atoms with Crippen molar-refractivity contribution in [3.05, 3.63) is 52.5 Å². The van der Waals surface area contributed by atoms with Gasteiger partial charge in [-0.25, -0.2) is 12.8 Å². The number of rotatable bonds is 8. The van der Waals surface area contributed by atoms with Crippen molar-refractivity contribution in [1.29, 1.82) is 0 Å². The van der Waals surface area contributed by atoms with Gasteiger partial charge in [-0.1, -0.05) is 6.07 Å². The van der Waals surface area contributed by atoms with Crippen molar-refractivity contribution >= 4 is 21.4 Å². The molecule has 1 aromatic carbocycles. The highest BCUT2D eigenvalue weighted by atomic mass is 32.2. The highest BCUT2D eigenvalue weighted by Gasteiger charge is 2.25. The summed E-state index contributed by atoms with van der Waals surface area (Å²) >= 11 is 1.53. The first-order chi connectivity index (χ1) is 12.6. The Kier molecular flexibility index (Phi) is 6.77.